The fourth-order valence-electron chi connectivity index (χ4n) is 1.48. The molecule has 0 fully saturated rings. The molecule has 1 N–H and O–H groups in total. The first kappa shape index (κ1) is 11.6. The summed E-state index contributed by atoms with van der Waals surface area (Å²) in [7, 11) is 0. The van der Waals surface area contributed by atoms with E-state index in [0.29, 0.717) is 10.6 Å². The lowest BCUT2D eigenvalue weighted by atomic mass is 10.1. The number of benzene rings is 1. The minimum absolute atomic E-state index is 0.267. The van der Waals surface area contributed by atoms with Gasteiger partial charge in [-0.3, -0.25) is 0 Å². The highest BCUT2D eigenvalue weighted by Crippen LogP contribution is 2.27. The Hall–Kier alpha value is -0.900. The van der Waals surface area contributed by atoms with E-state index in [0.717, 1.165) is 4.88 Å². The molecule has 0 saturated carbocycles. The normalized spacial score (nSPS) is 12.7. The zero-order valence-electron chi connectivity index (χ0n) is 8.36. The van der Waals surface area contributed by atoms with Crippen LogP contribution in [0.5, 0.6) is 0 Å². The van der Waals surface area contributed by atoms with Crippen molar-refractivity contribution in [3.63, 3.8) is 0 Å². The van der Waals surface area contributed by atoms with Crippen molar-refractivity contribution in [2.24, 2.45) is 0 Å². The van der Waals surface area contributed by atoms with E-state index in [1.807, 2.05) is 0 Å². The van der Waals surface area contributed by atoms with Crippen molar-refractivity contribution in [1.29, 1.82) is 0 Å². The summed E-state index contributed by atoms with van der Waals surface area (Å²) in [5.41, 5.74) is 0.513. The maximum absolute atomic E-state index is 13.3. The minimum atomic E-state index is -0.700. The van der Waals surface area contributed by atoms with Gasteiger partial charge in [-0.15, -0.1) is 11.3 Å². The van der Waals surface area contributed by atoms with Gasteiger partial charge in [-0.2, -0.15) is 0 Å². The zero-order chi connectivity index (χ0) is 11.5. The van der Waals surface area contributed by atoms with Crippen molar-refractivity contribution in [3.05, 3.63) is 57.0 Å². The quantitative estimate of drug-likeness (QED) is 0.885. The van der Waals surface area contributed by atoms with Gasteiger partial charge in [0.2, 0.25) is 0 Å². The van der Waals surface area contributed by atoms with Crippen LogP contribution in [0.2, 0.25) is 5.02 Å². The topological polar surface area (TPSA) is 20.2 Å². The Morgan fingerprint density at radius 1 is 1.38 bits per heavy atom. The van der Waals surface area contributed by atoms with E-state index in [4.69, 9.17) is 11.6 Å². The molecule has 1 unspecified atom stereocenters. The summed E-state index contributed by atoms with van der Waals surface area (Å²) >= 11 is 7.14. The van der Waals surface area contributed by atoms with Gasteiger partial charge in [-0.1, -0.05) is 29.8 Å². The molecule has 1 heterocycles. The summed E-state index contributed by atoms with van der Waals surface area (Å²) in [5.74, 6) is -0.288. The first-order chi connectivity index (χ1) is 7.66. The standard InChI is InChI=1S/C12H10ClFOS/c13-9-6-12(16-7-9)11(15)5-8-3-1-2-4-10(8)14/h1-4,6-7,11,15H,5H2. The second kappa shape index (κ2) is 4.95. The third kappa shape index (κ3) is 2.61. The lowest BCUT2D eigenvalue weighted by Crippen LogP contribution is -2.01. The molecule has 0 spiro atoms. The molecular weight excluding hydrogens is 247 g/mol. The van der Waals surface area contributed by atoms with Crippen LogP contribution in [-0.2, 0) is 6.42 Å². The number of thiophene rings is 1. The molecule has 0 radical (unpaired) electrons. The highest BCUT2D eigenvalue weighted by molar-refractivity contribution is 7.10. The van der Waals surface area contributed by atoms with Crippen molar-refractivity contribution in [3.8, 4) is 0 Å². The average molecular weight is 257 g/mol. The molecule has 0 aliphatic rings. The highest BCUT2D eigenvalue weighted by atomic mass is 35.5. The van der Waals surface area contributed by atoms with Crippen LogP contribution in [0.15, 0.2) is 35.7 Å². The third-order valence-electron chi connectivity index (χ3n) is 2.29. The van der Waals surface area contributed by atoms with E-state index >= 15 is 0 Å². The Kier molecular flexibility index (Phi) is 3.59. The van der Waals surface area contributed by atoms with E-state index in [-0.39, 0.29) is 12.2 Å². The molecule has 0 aliphatic carbocycles. The zero-order valence-corrected chi connectivity index (χ0v) is 9.93. The van der Waals surface area contributed by atoms with Gasteiger partial charge in [0, 0.05) is 16.7 Å². The maximum Gasteiger partial charge on any atom is 0.126 e. The smallest absolute Gasteiger partial charge is 0.126 e. The van der Waals surface area contributed by atoms with Gasteiger partial charge < -0.3 is 5.11 Å². The fraction of sp³-hybridized carbons (Fsp3) is 0.167. The van der Waals surface area contributed by atoms with Crippen LogP contribution in [0.1, 0.15) is 16.5 Å². The van der Waals surface area contributed by atoms with Crippen molar-refractivity contribution >= 4 is 22.9 Å². The van der Waals surface area contributed by atoms with Gasteiger partial charge in [0.1, 0.15) is 5.82 Å². The lowest BCUT2D eigenvalue weighted by molar-refractivity contribution is 0.181. The predicted molar refractivity (Wildman–Crippen MR) is 64.4 cm³/mol. The van der Waals surface area contributed by atoms with E-state index in [1.165, 1.54) is 17.4 Å². The van der Waals surface area contributed by atoms with Crippen LogP contribution in [0, 0.1) is 5.82 Å². The van der Waals surface area contributed by atoms with Crippen molar-refractivity contribution in [2.75, 3.05) is 0 Å². The van der Waals surface area contributed by atoms with Crippen LogP contribution in [0.25, 0.3) is 0 Å². The Balaban J connectivity index is 2.13. The van der Waals surface area contributed by atoms with Crippen LogP contribution >= 0.6 is 22.9 Å². The molecule has 0 saturated heterocycles. The van der Waals surface area contributed by atoms with Crippen molar-refractivity contribution in [2.45, 2.75) is 12.5 Å². The van der Waals surface area contributed by atoms with E-state index in [9.17, 15) is 9.50 Å². The van der Waals surface area contributed by atoms with Gasteiger partial charge in [-0.25, -0.2) is 4.39 Å². The van der Waals surface area contributed by atoms with Crippen LogP contribution in [0.3, 0.4) is 0 Å². The predicted octanol–water partition coefficient (Wildman–Crippen LogP) is 3.82. The van der Waals surface area contributed by atoms with E-state index < -0.39 is 6.10 Å². The highest BCUT2D eigenvalue weighted by Gasteiger charge is 2.13. The second-order valence-corrected chi connectivity index (χ2v) is 4.86. The lowest BCUT2D eigenvalue weighted by Gasteiger charge is -2.08. The van der Waals surface area contributed by atoms with Crippen LogP contribution in [-0.4, -0.2) is 5.11 Å². The van der Waals surface area contributed by atoms with Gasteiger partial charge in [0.25, 0.3) is 0 Å². The molecule has 1 atom stereocenters. The third-order valence-corrected chi connectivity index (χ3v) is 3.67. The summed E-state index contributed by atoms with van der Waals surface area (Å²) in [4.78, 5) is 0.758. The Labute approximate surface area is 102 Å². The molecule has 4 heteroatoms. The van der Waals surface area contributed by atoms with Crippen molar-refractivity contribution in [1.82, 2.24) is 0 Å². The Morgan fingerprint density at radius 3 is 2.75 bits per heavy atom. The summed E-state index contributed by atoms with van der Waals surface area (Å²) in [5, 5.41) is 12.3. The van der Waals surface area contributed by atoms with Crippen LogP contribution in [0.4, 0.5) is 4.39 Å². The van der Waals surface area contributed by atoms with Crippen molar-refractivity contribution < 1.29 is 9.50 Å². The summed E-state index contributed by atoms with van der Waals surface area (Å²) in [6, 6.07) is 8.16. The minimum Gasteiger partial charge on any atom is -0.387 e. The number of halogens is 2. The number of rotatable bonds is 3. The molecule has 84 valence electrons. The summed E-state index contributed by atoms with van der Waals surface area (Å²) in [6.45, 7) is 0. The monoisotopic (exact) mass is 256 g/mol. The molecule has 16 heavy (non-hydrogen) atoms. The molecule has 1 nitrogen and oxygen atoms in total. The molecule has 2 rings (SSSR count). The Bertz CT molecular complexity index is 483. The van der Waals surface area contributed by atoms with Gasteiger partial charge in [-0.05, 0) is 17.7 Å². The maximum atomic E-state index is 13.3. The molecule has 0 amide bonds. The number of hydrogen-bond acceptors (Lipinski definition) is 2. The Morgan fingerprint density at radius 2 is 2.12 bits per heavy atom. The average Bonchev–Trinajstić information content (AvgIpc) is 2.68. The SMILES string of the molecule is OC(Cc1ccccc1F)c1cc(Cl)cs1. The van der Waals surface area contributed by atoms with E-state index in [1.54, 1.807) is 29.6 Å². The van der Waals surface area contributed by atoms with E-state index in [2.05, 4.69) is 0 Å². The summed E-state index contributed by atoms with van der Waals surface area (Å²) < 4.78 is 13.3. The molecule has 1 aromatic heterocycles. The van der Waals surface area contributed by atoms with Crippen LogP contribution < -0.4 is 0 Å². The molecule has 1 aromatic carbocycles. The number of aliphatic hydroxyl groups is 1. The fourth-order valence-corrected chi connectivity index (χ4v) is 2.54. The molecule has 0 bridgehead atoms. The molecule has 2 aromatic rings. The number of hydrogen-bond donors (Lipinski definition) is 1. The largest absolute Gasteiger partial charge is 0.387 e. The summed E-state index contributed by atoms with van der Waals surface area (Å²) in [6.07, 6.45) is -0.432. The first-order valence-electron chi connectivity index (χ1n) is 4.82. The second-order valence-electron chi connectivity index (χ2n) is 3.48. The first-order valence-corrected chi connectivity index (χ1v) is 6.08. The van der Waals surface area contributed by atoms with Gasteiger partial charge in [0.15, 0.2) is 0 Å². The molecular formula is C12H10ClFOS. The van der Waals surface area contributed by atoms with Gasteiger partial charge >= 0.3 is 0 Å². The number of aliphatic hydroxyl groups excluding tert-OH is 1. The molecule has 0 aliphatic heterocycles. The van der Waals surface area contributed by atoms with Gasteiger partial charge in [0.05, 0.1) is 11.1 Å².